The Balaban J connectivity index is 2.62. The standard InChI is InChI=1S/C12H16BrNO2/c1-9(8-12(15)14(2)16-3)10-4-6-11(13)7-5-10/h4-7,9H,8H2,1-3H3. The smallest absolute Gasteiger partial charge is 0.246 e. The molecule has 0 bridgehead atoms. The molecule has 4 heteroatoms. The minimum atomic E-state index is -0.0158. The van der Waals surface area contributed by atoms with Crippen molar-refractivity contribution in [2.24, 2.45) is 0 Å². The van der Waals surface area contributed by atoms with Crippen LogP contribution in [0.1, 0.15) is 24.8 Å². The van der Waals surface area contributed by atoms with Crippen LogP contribution in [0.4, 0.5) is 0 Å². The molecule has 0 spiro atoms. The van der Waals surface area contributed by atoms with Gasteiger partial charge in [0, 0.05) is 17.9 Å². The van der Waals surface area contributed by atoms with Gasteiger partial charge in [0.2, 0.25) is 5.91 Å². The zero-order valence-electron chi connectivity index (χ0n) is 9.74. The Labute approximate surface area is 104 Å². The third kappa shape index (κ3) is 3.61. The van der Waals surface area contributed by atoms with E-state index in [1.54, 1.807) is 7.05 Å². The third-order valence-electron chi connectivity index (χ3n) is 2.54. The summed E-state index contributed by atoms with van der Waals surface area (Å²) < 4.78 is 1.05. The van der Waals surface area contributed by atoms with Crippen LogP contribution in [0.5, 0.6) is 0 Å². The summed E-state index contributed by atoms with van der Waals surface area (Å²) in [6, 6.07) is 8.01. The zero-order valence-corrected chi connectivity index (χ0v) is 11.3. The molecule has 0 aliphatic carbocycles. The van der Waals surface area contributed by atoms with E-state index >= 15 is 0 Å². The topological polar surface area (TPSA) is 29.5 Å². The van der Waals surface area contributed by atoms with Crippen LogP contribution in [0.15, 0.2) is 28.7 Å². The van der Waals surface area contributed by atoms with Crippen LogP contribution in [0, 0.1) is 0 Å². The van der Waals surface area contributed by atoms with Gasteiger partial charge < -0.3 is 0 Å². The molecule has 0 fully saturated rings. The number of rotatable bonds is 4. The summed E-state index contributed by atoms with van der Waals surface area (Å²) in [5.74, 6) is 0.177. The lowest BCUT2D eigenvalue weighted by Crippen LogP contribution is -2.26. The first-order valence-electron chi connectivity index (χ1n) is 5.10. The largest absolute Gasteiger partial charge is 0.275 e. The summed E-state index contributed by atoms with van der Waals surface area (Å²) in [5.41, 5.74) is 1.15. The molecule has 1 unspecified atom stereocenters. The van der Waals surface area contributed by atoms with Crippen LogP contribution in [-0.4, -0.2) is 25.1 Å². The van der Waals surface area contributed by atoms with Gasteiger partial charge in [-0.25, -0.2) is 5.06 Å². The van der Waals surface area contributed by atoms with Gasteiger partial charge >= 0.3 is 0 Å². The average molecular weight is 286 g/mol. The minimum absolute atomic E-state index is 0.0158. The molecule has 1 aromatic carbocycles. The monoisotopic (exact) mass is 285 g/mol. The highest BCUT2D eigenvalue weighted by Gasteiger charge is 2.14. The van der Waals surface area contributed by atoms with Gasteiger partial charge in [0.25, 0.3) is 0 Å². The summed E-state index contributed by atoms with van der Waals surface area (Å²) >= 11 is 3.38. The number of halogens is 1. The molecule has 16 heavy (non-hydrogen) atoms. The molecule has 1 rings (SSSR count). The van der Waals surface area contributed by atoms with Gasteiger partial charge in [-0.3, -0.25) is 9.63 Å². The summed E-state index contributed by atoms with van der Waals surface area (Å²) in [6.45, 7) is 2.03. The van der Waals surface area contributed by atoms with E-state index in [1.807, 2.05) is 31.2 Å². The fourth-order valence-corrected chi connectivity index (χ4v) is 1.67. The first kappa shape index (κ1) is 13.2. The number of benzene rings is 1. The van der Waals surface area contributed by atoms with Gasteiger partial charge in [0.05, 0.1) is 7.11 Å². The molecule has 0 radical (unpaired) electrons. The van der Waals surface area contributed by atoms with Crippen molar-refractivity contribution >= 4 is 21.8 Å². The number of carbonyl (C=O) groups excluding carboxylic acids is 1. The number of hydrogen-bond acceptors (Lipinski definition) is 2. The van der Waals surface area contributed by atoms with Gasteiger partial charge in [-0.2, -0.15) is 0 Å². The second-order valence-corrected chi connectivity index (χ2v) is 4.65. The van der Waals surface area contributed by atoms with Crippen LogP contribution >= 0.6 is 15.9 Å². The minimum Gasteiger partial charge on any atom is -0.275 e. The second-order valence-electron chi connectivity index (χ2n) is 3.73. The van der Waals surface area contributed by atoms with Crippen molar-refractivity contribution in [2.45, 2.75) is 19.3 Å². The highest BCUT2D eigenvalue weighted by Crippen LogP contribution is 2.21. The molecule has 0 aliphatic heterocycles. The van der Waals surface area contributed by atoms with Gasteiger partial charge in [-0.05, 0) is 23.6 Å². The van der Waals surface area contributed by atoms with Crippen molar-refractivity contribution < 1.29 is 9.63 Å². The summed E-state index contributed by atoms with van der Waals surface area (Å²) in [6.07, 6.45) is 0.450. The number of carbonyl (C=O) groups is 1. The number of nitrogens with zero attached hydrogens (tertiary/aromatic N) is 1. The lowest BCUT2D eigenvalue weighted by molar-refractivity contribution is -0.169. The van der Waals surface area contributed by atoms with E-state index in [9.17, 15) is 4.79 Å². The first-order chi connectivity index (χ1) is 7.54. The fraction of sp³-hybridized carbons (Fsp3) is 0.417. The first-order valence-corrected chi connectivity index (χ1v) is 5.90. The maximum absolute atomic E-state index is 11.6. The molecular formula is C12H16BrNO2. The van der Waals surface area contributed by atoms with Gasteiger partial charge in [-0.1, -0.05) is 35.0 Å². The highest BCUT2D eigenvalue weighted by atomic mass is 79.9. The Hall–Kier alpha value is -0.870. The van der Waals surface area contributed by atoms with E-state index in [4.69, 9.17) is 4.84 Å². The number of hydroxylamine groups is 2. The molecule has 0 saturated carbocycles. The van der Waals surface area contributed by atoms with Crippen LogP contribution in [0.3, 0.4) is 0 Å². The van der Waals surface area contributed by atoms with Crippen molar-refractivity contribution in [3.63, 3.8) is 0 Å². The van der Waals surface area contributed by atoms with Crippen LogP contribution in [0.2, 0.25) is 0 Å². The fourth-order valence-electron chi connectivity index (χ4n) is 1.40. The summed E-state index contributed by atoms with van der Waals surface area (Å²) in [4.78, 5) is 16.5. The molecular weight excluding hydrogens is 270 g/mol. The van der Waals surface area contributed by atoms with Gasteiger partial charge in [-0.15, -0.1) is 0 Å². The van der Waals surface area contributed by atoms with Crippen molar-refractivity contribution in [1.29, 1.82) is 0 Å². The van der Waals surface area contributed by atoms with E-state index in [1.165, 1.54) is 12.2 Å². The molecule has 0 aliphatic rings. The van der Waals surface area contributed by atoms with Crippen molar-refractivity contribution in [1.82, 2.24) is 5.06 Å². The molecule has 0 aromatic heterocycles. The van der Waals surface area contributed by atoms with Crippen LogP contribution in [0.25, 0.3) is 0 Å². The molecule has 88 valence electrons. The van der Waals surface area contributed by atoms with Crippen molar-refractivity contribution in [3.05, 3.63) is 34.3 Å². The van der Waals surface area contributed by atoms with Crippen molar-refractivity contribution in [3.8, 4) is 0 Å². The number of hydrogen-bond donors (Lipinski definition) is 0. The van der Waals surface area contributed by atoms with Crippen LogP contribution < -0.4 is 0 Å². The average Bonchev–Trinajstić information content (AvgIpc) is 2.28. The second kappa shape index (κ2) is 6.01. The predicted octanol–water partition coefficient (Wildman–Crippen LogP) is 2.96. The quantitative estimate of drug-likeness (QED) is 0.796. The molecule has 1 atom stereocenters. The molecule has 1 aromatic rings. The predicted molar refractivity (Wildman–Crippen MR) is 67.0 cm³/mol. The van der Waals surface area contributed by atoms with Crippen LogP contribution in [-0.2, 0) is 9.63 Å². The Bertz CT molecular complexity index is 351. The van der Waals surface area contributed by atoms with E-state index < -0.39 is 0 Å². The van der Waals surface area contributed by atoms with E-state index in [0.717, 1.165) is 10.0 Å². The Morgan fingerprint density at radius 3 is 2.50 bits per heavy atom. The third-order valence-corrected chi connectivity index (χ3v) is 3.07. The number of amides is 1. The molecule has 3 nitrogen and oxygen atoms in total. The Morgan fingerprint density at radius 1 is 1.44 bits per heavy atom. The lowest BCUT2D eigenvalue weighted by Gasteiger charge is -2.17. The molecule has 0 N–H and O–H groups in total. The Morgan fingerprint density at radius 2 is 2.00 bits per heavy atom. The SMILES string of the molecule is CON(C)C(=O)CC(C)c1ccc(Br)cc1. The maximum atomic E-state index is 11.6. The van der Waals surface area contributed by atoms with E-state index in [2.05, 4.69) is 15.9 Å². The maximum Gasteiger partial charge on any atom is 0.246 e. The lowest BCUT2D eigenvalue weighted by atomic mass is 9.98. The highest BCUT2D eigenvalue weighted by molar-refractivity contribution is 9.10. The van der Waals surface area contributed by atoms with Crippen molar-refractivity contribution in [2.75, 3.05) is 14.2 Å². The molecule has 0 heterocycles. The Kier molecular flexibility index (Phi) is 4.96. The molecule has 0 saturated heterocycles. The van der Waals surface area contributed by atoms with E-state index in [0.29, 0.717) is 6.42 Å². The van der Waals surface area contributed by atoms with Gasteiger partial charge in [0.1, 0.15) is 0 Å². The van der Waals surface area contributed by atoms with E-state index in [-0.39, 0.29) is 11.8 Å². The summed E-state index contributed by atoms with van der Waals surface area (Å²) in [5, 5.41) is 1.26. The normalized spacial score (nSPS) is 12.2. The molecule has 1 amide bonds. The van der Waals surface area contributed by atoms with Gasteiger partial charge in [0.15, 0.2) is 0 Å². The summed E-state index contributed by atoms with van der Waals surface area (Å²) in [7, 11) is 3.11. The zero-order chi connectivity index (χ0) is 12.1.